The number of aliphatic imine (C=N–C) groups is 1. The Morgan fingerprint density at radius 1 is 1.35 bits per heavy atom. The van der Waals surface area contributed by atoms with Crippen LogP contribution in [0.3, 0.4) is 0 Å². The summed E-state index contributed by atoms with van der Waals surface area (Å²) in [5.74, 6) is 1.87. The highest BCUT2D eigenvalue weighted by atomic mass is 35.5. The van der Waals surface area contributed by atoms with E-state index in [4.69, 9.17) is 16.6 Å². The predicted octanol–water partition coefficient (Wildman–Crippen LogP) is 3.17. The fourth-order valence-corrected chi connectivity index (χ4v) is 3.47. The molecule has 2 aromatic rings. The van der Waals surface area contributed by atoms with Crippen molar-refractivity contribution in [2.45, 2.75) is 58.2 Å². The highest BCUT2D eigenvalue weighted by Crippen LogP contribution is 2.17. The van der Waals surface area contributed by atoms with Gasteiger partial charge in [0.05, 0.1) is 6.54 Å². The molecular formula is C19H27ClN6. The molecule has 6 nitrogen and oxygen atoms in total. The van der Waals surface area contributed by atoms with Crippen molar-refractivity contribution < 1.29 is 0 Å². The molecule has 0 unspecified atom stereocenters. The zero-order valence-electron chi connectivity index (χ0n) is 15.3. The number of benzene rings is 1. The normalized spacial score (nSPS) is 15.4. The van der Waals surface area contributed by atoms with Gasteiger partial charge in [-0.3, -0.25) is 0 Å². The quantitative estimate of drug-likeness (QED) is 0.577. The fraction of sp³-hybridized carbons (Fsp3) is 0.526. The Morgan fingerprint density at radius 3 is 2.96 bits per heavy atom. The summed E-state index contributed by atoms with van der Waals surface area (Å²) < 4.78 is 2.08. The van der Waals surface area contributed by atoms with E-state index in [0.717, 1.165) is 41.9 Å². The molecule has 1 fully saturated rings. The number of aryl methyl sites for hydroxylation is 1. The molecule has 26 heavy (non-hydrogen) atoms. The summed E-state index contributed by atoms with van der Waals surface area (Å²) in [6, 6.07) is 8.37. The summed E-state index contributed by atoms with van der Waals surface area (Å²) in [5.41, 5.74) is 1.11. The second kappa shape index (κ2) is 9.57. The van der Waals surface area contributed by atoms with Crippen LogP contribution in [-0.4, -0.2) is 33.3 Å². The highest BCUT2D eigenvalue weighted by molar-refractivity contribution is 6.30. The molecule has 0 spiro atoms. The van der Waals surface area contributed by atoms with E-state index in [0.29, 0.717) is 12.6 Å². The molecule has 0 radical (unpaired) electrons. The van der Waals surface area contributed by atoms with Gasteiger partial charge in [0.15, 0.2) is 5.96 Å². The topological polar surface area (TPSA) is 67.1 Å². The minimum Gasteiger partial charge on any atom is -0.355 e. The van der Waals surface area contributed by atoms with E-state index in [-0.39, 0.29) is 0 Å². The summed E-state index contributed by atoms with van der Waals surface area (Å²) >= 11 is 6.07. The number of guanidine groups is 1. The molecule has 2 N–H and O–H groups in total. The van der Waals surface area contributed by atoms with Gasteiger partial charge < -0.3 is 15.2 Å². The van der Waals surface area contributed by atoms with Crippen molar-refractivity contribution in [1.29, 1.82) is 0 Å². The summed E-state index contributed by atoms with van der Waals surface area (Å²) in [6.07, 6.45) is 7.68. The average molecular weight is 375 g/mol. The van der Waals surface area contributed by atoms with Gasteiger partial charge in [-0.15, -0.1) is 10.2 Å². The van der Waals surface area contributed by atoms with E-state index in [2.05, 4.69) is 32.3 Å². The Bertz CT molecular complexity index is 720. The average Bonchev–Trinajstić information content (AvgIpc) is 3.31. The van der Waals surface area contributed by atoms with Gasteiger partial charge in [-0.1, -0.05) is 43.5 Å². The predicted molar refractivity (Wildman–Crippen MR) is 105 cm³/mol. The van der Waals surface area contributed by atoms with Crippen molar-refractivity contribution in [2.24, 2.45) is 4.99 Å². The van der Waals surface area contributed by atoms with E-state index in [1.54, 1.807) is 6.33 Å². The molecule has 7 heteroatoms. The van der Waals surface area contributed by atoms with Crippen LogP contribution >= 0.6 is 11.6 Å². The van der Waals surface area contributed by atoms with E-state index in [1.165, 1.54) is 25.7 Å². The van der Waals surface area contributed by atoms with Crippen molar-refractivity contribution in [3.63, 3.8) is 0 Å². The lowest BCUT2D eigenvalue weighted by Crippen LogP contribution is -2.43. The molecule has 1 aromatic heterocycles. The third kappa shape index (κ3) is 5.46. The lowest BCUT2D eigenvalue weighted by atomic mass is 10.2. The summed E-state index contributed by atoms with van der Waals surface area (Å²) in [6.45, 7) is 4.29. The highest BCUT2D eigenvalue weighted by Gasteiger charge is 2.16. The number of hydrogen-bond donors (Lipinski definition) is 2. The Morgan fingerprint density at radius 2 is 2.19 bits per heavy atom. The van der Waals surface area contributed by atoms with Crippen LogP contribution in [0.25, 0.3) is 0 Å². The summed E-state index contributed by atoms with van der Waals surface area (Å²) in [5, 5.41) is 15.9. The molecule has 1 aliphatic carbocycles. The van der Waals surface area contributed by atoms with Gasteiger partial charge in [0.2, 0.25) is 0 Å². The molecule has 1 aliphatic rings. The van der Waals surface area contributed by atoms with Crippen LogP contribution in [0.2, 0.25) is 5.02 Å². The zero-order chi connectivity index (χ0) is 18.2. The first-order chi connectivity index (χ1) is 12.7. The van der Waals surface area contributed by atoms with Crippen LogP contribution in [0.4, 0.5) is 0 Å². The molecule has 1 saturated carbocycles. The maximum Gasteiger partial charge on any atom is 0.191 e. The lowest BCUT2D eigenvalue weighted by Gasteiger charge is -2.18. The number of nitrogens with zero attached hydrogens (tertiary/aromatic N) is 4. The SMILES string of the molecule is CCc1nncn1CCNC(=NCc1cccc(Cl)c1)NC1CCCC1. The van der Waals surface area contributed by atoms with E-state index in [1.807, 2.05) is 24.3 Å². The molecule has 0 amide bonds. The van der Waals surface area contributed by atoms with Gasteiger partial charge >= 0.3 is 0 Å². The minimum absolute atomic E-state index is 0.515. The maximum atomic E-state index is 6.07. The van der Waals surface area contributed by atoms with Crippen LogP contribution in [0.5, 0.6) is 0 Å². The minimum atomic E-state index is 0.515. The van der Waals surface area contributed by atoms with Crippen molar-refractivity contribution >= 4 is 17.6 Å². The second-order valence-corrected chi connectivity index (χ2v) is 7.08. The van der Waals surface area contributed by atoms with E-state index < -0.39 is 0 Å². The smallest absolute Gasteiger partial charge is 0.191 e. The Kier molecular flexibility index (Phi) is 6.89. The van der Waals surface area contributed by atoms with Gasteiger partial charge in [-0.05, 0) is 30.5 Å². The number of nitrogens with one attached hydrogen (secondary N) is 2. The van der Waals surface area contributed by atoms with Crippen molar-refractivity contribution in [3.8, 4) is 0 Å². The van der Waals surface area contributed by atoms with Gasteiger partial charge in [0.1, 0.15) is 12.2 Å². The Labute approximate surface area is 160 Å². The standard InChI is InChI=1S/C19H27ClN6/c1-2-18-25-23-14-26(18)11-10-21-19(24-17-8-3-4-9-17)22-13-15-6-5-7-16(20)12-15/h5-7,12,14,17H,2-4,8-11,13H2,1H3,(H2,21,22,24). The molecule has 3 rings (SSSR count). The van der Waals surface area contributed by atoms with Crippen LogP contribution in [0, 0.1) is 0 Å². The van der Waals surface area contributed by atoms with Crippen molar-refractivity contribution in [3.05, 3.63) is 47.0 Å². The third-order valence-corrected chi connectivity index (χ3v) is 4.90. The van der Waals surface area contributed by atoms with Crippen molar-refractivity contribution in [1.82, 2.24) is 25.4 Å². The van der Waals surface area contributed by atoms with E-state index in [9.17, 15) is 0 Å². The third-order valence-electron chi connectivity index (χ3n) is 4.66. The number of aromatic nitrogens is 3. The Hall–Kier alpha value is -2.08. The van der Waals surface area contributed by atoms with E-state index >= 15 is 0 Å². The van der Waals surface area contributed by atoms with Crippen molar-refractivity contribution in [2.75, 3.05) is 6.54 Å². The molecule has 0 bridgehead atoms. The molecule has 0 atom stereocenters. The lowest BCUT2D eigenvalue weighted by molar-refractivity contribution is 0.593. The number of hydrogen-bond acceptors (Lipinski definition) is 3. The number of rotatable bonds is 7. The molecule has 1 heterocycles. The van der Waals surface area contributed by atoms with Gasteiger partial charge in [-0.25, -0.2) is 4.99 Å². The fourth-order valence-electron chi connectivity index (χ4n) is 3.26. The Balaban J connectivity index is 1.59. The molecule has 0 aliphatic heterocycles. The molecule has 1 aromatic carbocycles. The number of halogens is 1. The van der Waals surface area contributed by atoms with Gasteiger partial charge in [0.25, 0.3) is 0 Å². The molecule has 0 saturated heterocycles. The first-order valence-electron chi connectivity index (χ1n) is 9.40. The summed E-state index contributed by atoms with van der Waals surface area (Å²) in [7, 11) is 0. The summed E-state index contributed by atoms with van der Waals surface area (Å²) in [4.78, 5) is 4.76. The van der Waals surface area contributed by atoms with Crippen LogP contribution in [0.15, 0.2) is 35.6 Å². The van der Waals surface area contributed by atoms with Crippen LogP contribution in [0.1, 0.15) is 44.0 Å². The van der Waals surface area contributed by atoms with Gasteiger partial charge in [-0.2, -0.15) is 0 Å². The zero-order valence-corrected chi connectivity index (χ0v) is 16.0. The van der Waals surface area contributed by atoms with Gasteiger partial charge in [0, 0.05) is 30.6 Å². The molecular weight excluding hydrogens is 348 g/mol. The first-order valence-corrected chi connectivity index (χ1v) is 9.78. The monoisotopic (exact) mass is 374 g/mol. The largest absolute Gasteiger partial charge is 0.355 e. The van der Waals surface area contributed by atoms with Crippen LogP contribution in [-0.2, 0) is 19.5 Å². The van der Waals surface area contributed by atoms with Crippen LogP contribution < -0.4 is 10.6 Å². The molecule has 140 valence electrons. The maximum absolute atomic E-state index is 6.07. The first kappa shape index (κ1) is 18.7. The second-order valence-electron chi connectivity index (χ2n) is 6.64.